The van der Waals surface area contributed by atoms with Crippen LogP contribution >= 0.6 is 0 Å². The van der Waals surface area contributed by atoms with Crippen molar-refractivity contribution in [3.8, 4) is 5.75 Å². The van der Waals surface area contributed by atoms with E-state index in [1.54, 1.807) is 12.0 Å². The summed E-state index contributed by atoms with van der Waals surface area (Å²) in [4.78, 5) is 29.8. The molecule has 2 amide bonds. The number of fused-ring (bicyclic) bond motifs is 5. The van der Waals surface area contributed by atoms with Crippen molar-refractivity contribution in [3.05, 3.63) is 29.3 Å². The zero-order valence-electron chi connectivity index (χ0n) is 17.5. The van der Waals surface area contributed by atoms with Crippen LogP contribution in [-0.2, 0) is 16.0 Å². The number of likely N-dealkylation sites (N-methyl/N-ethyl adjacent to an activating group) is 1. The van der Waals surface area contributed by atoms with Crippen LogP contribution in [0.4, 0.5) is 0 Å². The van der Waals surface area contributed by atoms with Gasteiger partial charge in [-0.05, 0) is 80.8 Å². The molecule has 1 aromatic carbocycles. The number of benzene rings is 1. The quantitative estimate of drug-likeness (QED) is 0.749. The van der Waals surface area contributed by atoms with E-state index in [1.165, 1.54) is 11.1 Å². The molecular formula is C23H32N2O3. The normalized spacial score (nSPS) is 32.0. The number of carbonyl (C=O) groups excluding carboxylic acids is 2. The molecule has 1 saturated heterocycles. The predicted molar refractivity (Wildman–Crippen MR) is 108 cm³/mol. The summed E-state index contributed by atoms with van der Waals surface area (Å²) in [7, 11) is 5.66. The average molecular weight is 385 g/mol. The summed E-state index contributed by atoms with van der Waals surface area (Å²) in [5.41, 5.74) is 2.39. The van der Waals surface area contributed by atoms with Gasteiger partial charge in [-0.1, -0.05) is 13.0 Å². The molecule has 0 spiro atoms. The summed E-state index contributed by atoms with van der Waals surface area (Å²) >= 11 is 0. The second-order valence-electron chi connectivity index (χ2n) is 9.29. The molecule has 1 saturated carbocycles. The number of imide groups is 1. The van der Waals surface area contributed by atoms with Crippen molar-refractivity contribution < 1.29 is 14.3 Å². The van der Waals surface area contributed by atoms with Gasteiger partial charge in [-0.25, -0.2) is 0 Å². The fraction of sp³-hybridized carbons (Fsp3) is 0.652. The minimum atomic E-state index is -0.397. The van der Waals surface area contributed by atoms with Crippen LogP contribution in [0, 0.1) is 17.3 Å². The van der Waals surface area contributed by atoms with E-state index in [1.807, 2.05) is 19.0 Å². The van der Waals surface area contributed by atoms with Crippen LogP contribution in [0.1, 0.15) is 49.7 Å². The molecule has 2 aliphatic carbocycles. The van der Waals surface area contributed by atoms with Crippen LogP contribution in [-0.4, -0.2) is 55.9 Å². The summed E-state index contributed by atoms with van der Waals surface area (Å²) in [6.07, 6.45) is 4.48. The van der Waals surface area contributed by atoms with Crippen molar-refractivity contribution in [1.29, 1.82) is 0 Å². The highest BCUT2D eigenvalue weighted by Gasteiger charge is 2.57. The maximum atomic E-state index is 13.4. The molecule has 28 heavy (non-hydrogen) atoms. The van der Waals surface area contributed by atoms with Gasteiger partial charge in [0.2, 0.25) is 11.8 Å². The number of ether oxygens (including phenoxy) is 1. The average Bonchev–Trinajstić information content (AvgIpc) is 2.68. The standard InChI is InChI=1S/C23H32N2O3/c1-23-10-9-18-17-8-6-16(28-4)13-15(17)5-7-19(18)20(23)14-21(26)25(22(23)27)12-11-24(2)3/h6,8,13,18-20H,5,7,9-12,14H2,1-4H3/t18?,19-,20?,23+/m1/s1. The second-order valence-corrected chi connectivity index (χ2v) is 9.29. The van der Waals surface area contributed by atoms with Crippen molar-refractivity contribution in [1.82, 2.24) is 9.80 Å². The maximum absolute atomic E-state index is 13.4. The van der Waals surface area contributed by atoms with Gasteiger partial charge in [0, 0.05) is 19.5 Å². The van der Waals surface area contributed by atoms with Gasteiger partial charge in [0.15, 0.2) is 0 Å². The van der Waals surface area contributed by atoms with Gasteiger partial charge in [-0.3, -0.25) is 14.5 Å². The van der Waals surface area contributed by atoms with Gasteiger partial charge in [-0.2, -0.15) is 0 Å². The van der Waals surface area contributed by atoms with Crippen molar-refractivity contribution in [2.75, 3.05) is 34.3 Å². The van der Waals surface area contributed by atoms with Gasteiger partial charge >= 0.3 is 0 Å². The first-order valence-electron chi connectivity index (χ1n) is 10.5. The number of hydrogen-bond acceptors (Lipinski definition) is 4. The Bertz CT molecular complexity index is 790. The Hall–Kier alpha value is -1.88. The van der Waals surface area contributed by atoms with Crippen LogP contribution in [0.2, 0.25) is 0 Å². The fourth-order valence-electron chi connectivity index (χ4n) is 5.89. The second kappa shape index (κ2) is 7.18. The molecule has 0 bridgehead atoms. The number of likely N-dealkylation sites (tertiary alicyclic amines) is 1. The van der Waals surface area contributed by atoms with E-state index in [0.717, 1.165) is 38.0 Å². The largest absolute Gasteiger partial charge is 0.497 e. The van der Waals surface area contributed by atoms with Crippen molar-refractivity contribution >= 4 is 11.8 Å². The summed E-state index contributed by atoms with van der Waals surface area (Å²) in [6.45, 7) is 3.35. The molecule has 1 aliphatic heterocycles. The van der Waals surface area contributed by atoms with E-state index in [-0.39, 0.29) is 17.7 Å². The first-order chi connectivity index (χ1) is 13.3. The van der Waals surface area contributed by atoms with Crippen molar-refractivity contribution in [3.63, 3.8) is 0 Å². The SMILES string of the molecule is COc1ccc2c(c1)CC[C@@H]1C2CC[C@]2(C)C(=O)N(CCN(C)C)C(=O)CC12. The fourth-order valence-corrected chi connectivity index (χ4v) is 5.89. The third-order valence-corrected chi connectivity index (χ3v) is 7.52. The van der Waals surface area contributed by atoms with E-state index in [2.05, 4.69) is 25.1 Å². The molecule has 152 valence electrons. The Kier molecular flexibility index (Phi) is 4.98. The first-order valence-corrected chi connectivity index (χ1v) is 10.5. The minimum Gasteiger partial charge on any atom is -0.497 e. The highest BCUT2D eigenvalue weighted by Crippen LogP contribution is 2.58. The number of nitrogens with zero attached hydrogens (tertiary/aromatic N) is 2. The minimum absolute atomic E-state index is 0.0236. The molecule has 5 heteroatoms. The molecule has 2 unspecified atom stereocenters. The molecular weight excluding hydrogens is 352 g/mol. The van der Waals surface area contributed by atoms with Gasteiger partial charge in [0.25, 0.3) is 0 Å². The maximum Gasteiger partial charge on any atom is 0.235 e. The summed E-state index contributed by atoms with van der Waals surface area (Å²) < 4.78 is 5.40. The molecule has 0 N–H and O–H groups in total. The summed E-state index contributed by atoms with van der Waals surface area (Å²) in [5.74, 6) is 2.05. The van der Waals surface area contributed by atoms with Crippen LogP contribution in [0.3, 0.4) is 0 Å². The number of aryl methyl sites for hydroxylation is 1. The smallest absolute Gasteiger partial charge is 0.235 e. The van der Waals surface area contributed by atoms with E-state index in [4.69, 9.17) is 4.74 Å². The molecule has 1 aromatic rings. The Morgan fingerprint density at radius 2 is 2.04 bits per heavy atom. The summed E-state index contributed by atoms with van der Waals surface area (Å²) in [6, 6.07) is 6.43. The highest BCUT2D eigenvalue weighted by molar-refractivity contribution is 6.01. The van der Waals surface area contributed by atoms with Gasteiger partial charge in [-0.15, -0.1) is 0 Å². The highest BCUT2D eigenvalue weighted by atomic mass is 16.5. The Morgan fingerprint density at radius 3 is 2.75 bits per heavy atom. The number of amides is 2. The lowest BCUT2D eigenvalue weighted by Crippen LogP contribution is -2.60. The lowest BCUT2D eigenvalue weighted by Gasteiger charge is -2.54. The van der Waals surface area contributed by atoms with Gasteiger partial charge in [0.1, 0.15) is 5.75 Å². The molecule has 4 atom stereocenters. The van der Waals surface area contributed by atoms with Crippen molar-refractivity contribution in [2.45, 2.75) is 44.9 Å². The summed E-state index contributed by atoms with van der Waals surface area (Å²) in [5, 5.41) is 0. The monoisotopic (exact) mass is 384 g/mol. The van der Waals surface area contributed by atoms with E-state index in [0.29, 0.717) is 24.8 Å². The predicted octanol–water partition coefficient (Wildman–Crippen LogP) is 3.08. The number of methoxy groups -OCH3 is 1. The van der Waals surface area contributed by atoms with Crippen LogP contribution in [0.25, 0.3) is 0 Å². The molecule has 3 aliphatic rings. The molecule has 0 radical (unpaired) electrons. The Balaban J connectivity index is 1.60. The molecule has 4 rings (SSSR count). The third kappa shape index (κ3) is 3.04. The molecule has 1 heterocycles. The van der Waals surface area contributed by atoms with Crippen LogP contribution in [0.15, 0.2) is 18.2 Å². The molecule has 5 nitrogen and oxygen atoms in total. The third-order valence-electron chi connectivity index (χ3n) is 7.52. The van der Waals surface area contributed by atoms with E-state index in [9.17, 15) is 9.59 Å². The van der Waals surface area contributed by atoms with Crippen LogP contribution < -0.4 is 4.74 Å². The first kappa shape index (κ1) is 19.4. The van der Waals surface area contributed by atoms with Crippen LogP contribution in [0.5, 0.6) is 5.75 Å². The number of hydrogen-bond donors (Lipinski definition) is 0. The van der Waals surface area contributed by atoms with Crippen molar-refractivity contribution in [2.24, 2.45) is 17.3 Å². The van der Waals surface area contributed by atoms with Gasteiger partial charge in [0.05, 0.1) is 12.5 Å². The lowest BCUT2D eigenvalue weighted by atomic mass is 9.52. The number of carbonyl (C=O) groups is 2. The Morgan fingerprint density at radius 1 is 1.25 bits per heavy atom. The van der Waals surface area contributed by atoms with Gasteiger partial charge < -0.3 is 9.64 Å². The van der Waals surface area contributed by atoms with E-state index < -0.39 is 5.41 Å². The zero-order valence-corrected chi connectivity index (χ0v) is 17.5. The zero-order chi connectivity index (χ0) is 20.1. The number of rotatable bonds is 4. The molecule has 2 fully saturated rings. The Labute approximate surface area is 168 Å². The topological polar surface area (TPSA) is 49.9 Å². The number of piperidine rings is 1. The molecule has 0 aromatic heterocycles. The van der Waals surface area contributed by atoms with E-state index >= 15 is 0 Å². The lowest BCUT2D eigenvalue weighted by molar-refractivity contribution is -0.167.